The molecule has 50 heavy (non-hydrogen) atoms. The van der Waals surface area contributed by atoms with Crippen molar-refractivity contribution in [2.24, 2.45) is 29.6 Å². The number of hydrogen-bond acceptors (Lipinski definition) is 12. The standard InChI is InChI=1S/C37H47NO12/c1-16-11-10-12-17(2)35(45)38-22-15-23(39)26-27(32(22)43)31(42)21(6)33-28(26)34(44)37(7,50-33)49-14-13-24(47-8)18(3)25(36(46)48-9)19(4)30(41)20(5)29(16)40/h10-16,18-20,24-25,29-30,39-43H,1-9H3,(H,38,45)/p-1/t16-,18+,19-,20+,24-,25+,29-,30-,37-/m0/s1. The first-order valence-corrected chi connectivity index (χ1v) is 16.3. The van der Waals surface area contributed by atoms with Crippen LogP contribution in [-0.4, -0.2) is 76.4 Å². The van der Waals surface area contributed by atoms with Gasteiger partial charge in [-0.3, -0.25) is 14.4 Å². The number of benzene rings is 2. The van der Waals surface area contributed by atoms with Crippen molar-refractivity contribution in [2.75, 3.05) is 19.5 Å². The number of nitrogens with one attached hydrogen (secondary N) is 1. The predicted octanol–water partition coefficient (Wildman–Crippen LogP) is 3.98. The number of carbonyl (C=O) groups excluding carboxylic acids is 3. The summed E-state index contributed by atoms with van der Waals surface area (Å²) in [5.74, 6) is -9.57. The molecule has 5 rings (SSSR count). The summed E-state index contributed by atoms with van der Waals surface area (Å²) in [6, 6.07) is 1.03. The van der Waals surface area contributed by atoms with Crippen LogP contribution in [0.15, 0.2) is 42.2 Å². The molecule has 13 nitrogen and oxygen atoms in total. The molecule has 0 spiro atoms. The van der Waals surface area contributed by atoms with Crippen LogP contribution in [0.2, 0.25) is 0 Å². The van der Waals surface area contributed by atoms with Crippen LogP contribution < -0.4 is 15.2 Å². The second-order valence-electron chi connectivity index (χ2n) is 13.4. The number of esters is 1. The van der Waals surface area contributed by atoms with E-state index in [-0.39, 0.29) is 38.9 Å². The molecule has 0 unspecified atom stereocenters. The van der Waals surface area contributed by atoms with E-state index in [0.29, 0.717) is 0 Å². The predicted molar refractivity (Wildman–Crippen MR) is 182 cm³/mol. The molecule has 5 N–H and O–H groups in total. The number of phenols is 2. The molecule has 0 saturated carbocycles. The third-order valence-corrected chi connectivity index (χ3v) is 10.1. The van der Waals surface area contributed by atoms with Crippen LogP contribution in [0.4, 0.5) is 5.69 Å². The van der Waals surface area contributed by atoms with Crippen LogP contribution in [0.5, 0.6) is 23.0 Å². The molecule has 3 aliphatic rings. The minimum Gasteiger partial charge on any atom is -0.872 e. The van der Waals surface area contributed by atoms with E-state index in [2.05, 4.69) is 5.32 Å². The van der Waals surface area contributed by atoms with Gasteiger partial charge in [-0.15, -0.1) is 0 Å². The zero-order valence-electron chi connectivity index (χ0n) is 29.6. The number of phenolic OH excluding ortho intramolecular Hbond substituents is 2. The van der Waals surface area contributed by atoms with Gasteiger partial charge in [0.05, 0.1) is 48.9 Å². The van der Waals surface area contributed by atoms with Crippen molar-refractivity contribution in [1.82, 2.24) is 0 Å². The number of aliphatic hydroxyl groups is 2. The number of aromatic hydroxyl groups is 2. The maximum absolute atomic E-state index is 13.9. The van der Waals surface area contributed by atoms with E-state index in [9.17, 15) is 39.9 Å². The summed E-state index contributed by atoms with van der Waals surface area (Å²) in [6.45, 7) is 11.0. The van der Waals surface area contributed by atoms with Crippen LogP contribution in [0.25, 0.3) is 10.8 Å². The summed E-state index contributed by atoms with van der Waals surface area (Å²) in [5, 5.41) is 60.3. The smallest absolute Gasteiger partial charge is 0.312 e. The number of hydrogen-bond donors (Lipinski definition) is 5. The molecule has 1 amide bonds. The highest BCUT2D eigenvalue weighted by atomic mass is 16.7. The first kappa shape index (κ1) is 38.2. The van der Waals surface area contributed by atoms with Crippen LogP contribution in [-0.2, 0) is 23.8 Å². The van der Waals surface area contributed by atoms with E-state index in [4.69, 9.17) is 18.9 Å². The molecule has 2 aromatic rings. The lowest BCUT2D eigenvalue weighted by Gasteiger charge is -2.37. The lowest BCUT2D eigenvalue weighted by atomic mass is 9.73. The average molecular weight is 697 g/mol. The summed E-state index contributed by atoms with van der Waals surface area (Å²) in [4.78, 5) is 40.1. The third kappa shape index (κ3) is 6.77. The minimum atomic E-state index is -2.02. The Labute approximate surface area is 290 Å². The molecule has 0 aliphatic carbocycles. The number of rotatable bonds is 2. The Kier molecular flexibility index (Phi) is 11.2. The first-order chi connectivity index (χ1) is 23.4. The van der Waals surface area contributed by atoms with Gasteiger partial charge in [0.25, 0.3) is 11.7 Å². The van der Waals surface area contributed by atoms with Crippen molar-refractivity contribution in [3.8, 4) is 23.0 Å². The molecule has 0 aromatic heterocycles. The number of methoxy groups -OCH3 is 2. The Morgan fingerprint density at radius 1 is 0.980 bits per heavy atom. The highest BCUT2D eigenvalue weighted by Crippen LogP contribution is 2.53. The van der Waals surface area contributed by atoms with Crippen molar-refractivity contribution in [2.45, 2.75) is 72.6 Å². The van der Waals surface area contributed by atoms with Crippen molar-refractivity contribution >= 4 is 34.1 Å². The Morgan fingerprint density at radius 2 is 1.64 bits per heavy atom. The first-order valence-electron chi connectivity index (χ1n) is 16.3. The van der Waals surface area contributed by atoms with E-state index in [1.54, 1.807) is 39.8 Å². The number of carbonyl (C=O) groups is 3. The number of anilines is 1. The second-order valence-corrected chi connectivity index (χ2v) is 13.4. The Bertz CT molecular complexity index is 1760. The van der Waals surface area contributed by atoms with Crippen LogP contribution in [0, 0.1) is 36.5 Å². The normalized spacial score (nSPS) is 30.9. The maximum Gasteiger partial charge on any atom is 0.312 e. The molecule has 13 heteroatoms. The number of Topliss-reactive ketones (excluding diaryl/α,β-unsaturated/α-hetero) is 1. The Morgan fingerprint density at radius 3 is 2.26 bits per heavy atom. The number of ketones is 1. The third-order valence-electron chi connectivity index (χ3n) is 10.1. The molecular formula is C37H46NO12-. The molecule has 3 aliphatic heterocycles. The quantitative estimate of drug-likeness (QED) is 0.172. The van der Waals surface area contributed by atoms with E-state index < -0.39 is 88.6 Å². The van der Waals surface area contributed by atoms with E-state index in [1.807, 2.05) is 0 Å². The molecule has 5 bridgehead atoms. The molecular weight excluding hydrogens is 650 g/mol. The number of fused-ring (bicyclic) bond motifs is 14. The highest BCUT2D eigenvalue weighted by molar-refractivity contribution is 6.21. The van der Waals surface area contributed by atoms with Gasteiger partial charge >= 0.3 is 11.8 Å². The molecule has 0 radical (unpaired) electrons. The number of aliphatic hydroxyl groups excluding tert-OH is 2. The van der Waals surface area contributed by atoms with Crippen LogP contribution in [0.3, 0.4) is 0 Å². The van der Waals surface area contributed by atoms with Crippen molar-refractivity contribution in [3.63, 3.8) is 0 Å². The molecule has 272 valence electrons. The molecule has 3 heterocycles. The van der Waals surface area contributed by atoms with E-state index in [0.717, 1.165) is 6.07 Å². The van der Waals surface area contributed by atoms with Crippen LogP contribution >= 0.6 is 0 Å². The van der Waals surface area contributed by atoms with Crippen molar-refractivity contribution < 1.29 is 58.9 Å². The summed E-state index contributed by atoms with van der Waals surface area (Å²) < 4.78 is 22.5. The van der Waals surface area contributed by atoms with Gasteiger partial charge in [-0.05, 0) is 37.3 Å². The largest absolute Gasteiger partial charge is 0.872 e. The highest BCUT2D eigenvalue weighted by Gasteiger charge is 2.49. The average Bonchev–Trinajstić information content (AvgIpc) is 3.34. The Hall–Kier alpha value is -4.59. The van der Waals surface area contributed by atoms with E-state index >= 15 is 0 Å². The summed E-state index contributed by atoms with van der Waals surface area (Å²) in [7, 11) is 2.65. The zero-order chi connectivity index (χ0) is 37.4. The second kappa shape index (κ2) is 14.7. The van der Waals surface area contributed by atoms with Gasteiger partial charge in [0, 0.05) is 48.3 Å². The monoisotopic (exact) mass is 696 g/mol. The SMILES string of the molecule is COC(=O)[C@H]1[C@H](C)[C@H](O)[C@H](C)[C@@H](O)[C@@H](C)C=CC=C(C)C(=O)Nc2cc(O)c3c4c(c(C)c([O-])c3c2O)O[C@](C)(OC=C[C@H](OC)[C@H]1C)C4=O. The van der Waals surface area contributed by atoms with Gasteiger partial charge < -0.3 is 49.8 Å². The zero-order valence-corrected chi connectivity index (χ0v) is 29.6. The van der Waals surface area contributed by atoms with Gasteiger partial charge in [0.15, 0.2) is 0 Å². The van der Waals surface area contributed by atoms with Crippen molar-refractivity contribution in [1.29, 1.82) is 0 Å². The molecule has 9 atom stereocenters. The molecule has 2 aromatic carbocycles. The maximum atomic E-state index is 13.9. The fraction of sp³-hybridized carbons (Fsp3) is 0.486. The van der Waals surface area contributed by atoms with E-state index in [1.165, 1.54) is 53.4 Å². The fourth-order valence-electron chi connectivity index (χ4n) is 6.83. The van der Waals surface area contributed by atoms with Crippen molar-refractivity contribution in [3.05, 3.63) is 53.3 Å². The lowest BCUT2D eigenvalue weighted by molar-refractivity contribution is -0.266. The number of ether oxygens (including phenoxy) is 4. The van der Waals surface area contributed by atoms with Gasteiger partial charge in [0.2, 0.25) is 0 Å². The lowest BCUT2D eigenvalue weighted by Crippen LogP contribution is -2.45. The fourth-order valence-corrected chi connectivity index (χ4v) is 6.83. The van der Waals surface area contributed by atoms with Gasteiger partial charge in [-0.2, -0.15) is 0 Å². The topological polar surface area (TPSA) is 204 Å². The number of amides is 1. The molecule has 0 fully saturated rings. The summed E-state index contributed by atoms with van der Waals surface area (Å²) in [5.41, 5.74) is -0.311. The van der Waals surface area contributed by atoms with Gasteiger partial charge in [0.1, 0.15) is 17.2 Å². The van der Waals surface area contributed by atoms with Gasteiger partial charge in [-0.25, -0.2) is 0 Å². The Balaban J connectivity index is 1.88. The molecule has 0 saturated heterocycles. The van der Waals surface area contributed by atoms with Gasteiger partial charge in [-0.1, -0.05) is 51.7 Å². The summed E-state index contributed by atoms with van der Waals surface area (Å²) >= 11 is 0. The summed E-state index contributed by atoms with van der Waals surface area (Å²) in [6.07, 6.45) is 4.31. The van der Waals surface area contributed by atoms with Crippen LogP contribution in [0.1, 0.15) is 57.5 Å². The number of allylic oxidation sites excluding steroid dienone is 2. The minimum absolute atomic E-state index is 0.0375.